The number of carbonyl (C=O) groups is 3. The van der Waals surface area contributed by atoms with Gasteiger partial charge in [0.15, 0.2) is 0 Å². The Labute approximate surface area is 259 Å². The van der Waals surface area contributed by atoms with E-state index < -0.39 is 22.6 Å². The molecule has 6 rings (SSSR count). The minimum Gasteiger partial charge on any atom is -0.494 e. The summed E-state index contributed by atoms with van der Waals surface area (Å²) < 4.78 is 4.83. The van der Waals surface area contributed by atoms with Gasteiger partial charge in [-0.1, -0.05) is 56.4 Å². The molecule has 1 unspecified atom stereocenters. The van der Waals surface area contributed by atoms with Gasteiger partial charge in [-0.3, -0.25) is 14.4 Å². The van der Waals surface area contributed by atoms with E-state index in [0.29, 0.717) is 26.2 Å². The van der Waals surface area contributed by atoms with Gasteiger partial charge in [0.05, 0.1) is 23.2 Å². The highest BCUT2D eigenvalue weighted by atomic mass is 32.2. The zero-order valence-electron chi connectivity index (χ0n) is 25.2. The van der Waals surface area contributed by atoms with Crippen molar-refractivity contribution < 1.29 is 24.2 Å². The molecule has 1 aromatic carbocycles. The zero-order valence-corrected chi connectivity index (χ0v) is 26.1. The van der Waals surface area contributed by atoms with E-state index in [1.165, 1.54) is 6.42 Å². The lowest BCUT2D eigenvalue weighted by atomic mass is 9.78. The SMILES string of the molecule is CCOc1ccc(N2CC=C[C@@H]3S[C@]45C=CCN(C6CCCCC6)C(=O)C4N(CCCCCCO)C(=O)[C@@H]5[C@@H]3C2=O)cc1. The number of anilines is 1. The van der Waals surface area contributed by atoms with Crippen molar-refractivity contribution in [2.24, 2.45) is 11.8 Å². The summed E-state index contributed by atoms with van der Waals surface area (Å²) in [6.07, 6.45) is 17.1. The van der Waals surface area contributed by atoms with Gasteiger partial charge in [-0.25, -0.2) is 0 Å². The molecule has 43 heavy (non-hydrogen) atoms. The van der Waals surface area contributed by atoms with E-state index in [1.807, 2.05) is 47.1 Å². The topological polar surface area (TPSA) is 90.4 Å². The van der Waals surface area contributed by atoms with Crippen molar-refractivity contribution in [1.29, 1.82) is 0 Å². The van der Waals surface area contributed by atoms with Gasteiger partial charge in [0.2, 0.25) is 17.7 Å². The molecule has 3 amide bonds. The maximum absolute atomic E-state index is 14.6. The fourth-order valence-electron chi connectivity index (χ4n) is 7.98. The molecule has 5 aliphatic rings. The molecule has 4 heterocycles. The third-order valence-corrected chi connectivity index (χ3v) is 11.7. The smallest absolute Gasteiger partial charge is 0.247 e. The monoisotopic (exact) mass is 607 g/mol. The number of hydrogen-bond acceptors (Lipinski definition) is 6. The highest BCUT2D eigenvalue weighted by Crippen LogP contribution is 2.61. The highest BCUT2D eigenvalue weighted by molar-refractivity contribution is 8.02. The predicted octanol–water partition coefficient (Wildman–Crippen LogP) is 4.57. The third kappa shape index (κ3) is 5.52. The largest absolute Gasteiger partial charge is 0.494 e. The molecule has 8 nitrogen and oxygen atoms in total. The van der Waals surface area contributed by atoms with E-state index in [4.69, 9.17) is 4.74 Å². The summed E-state index contributed by atoms with van der Waals surface area (Å²) in [7, 11) is 0. The first-order chi connectivity index (χ1) is 21.0. The Kier molecular flexibility index (Phi) is 9.19. The van der Waals surface area contributed by atoms with Gasteiger partial charge < -0.3 is 24.5 Å². The van der Waals surface area contributed by atoms with Crippen LogP contribution < -0.4 is 9.64 Å². The van der Waals surface area contributed by atoms with Crippen molar-refractivity contribution >= 4 is 35.2 Å². The fraction of sp³-hybridized carbons (Fsp3) is 0.618. The lowest BCUT2D eigenvalue weighted by molar-refractivity contribution is -0.144. The number of likely N-dealkylation sites (tertiary alicyclic amines) is 1. The van der Waals surface area contributed by atoms with Crippen LogP contribution in [-0.2, 0) is 14.4 Å². The molecule has 9 heteroatoms. The average molecular weight is 608 g/mol. The molecule has 0 bridgehead atoms. The number of thioether (sulfide) groups is 1. The number of unbranched alkanes of at least 4 members (excludes halogenated alkanes) is 3. The molecule has 1 saturated carbocycles. The molecule has 2 saturated heterocycles. The summed E-state index contributed by atoms with van der Waals surface area (Å²) in [6.45, 7) is 4.17. The Hall–Kier alpha value is -2.78. The number of amides is 3. The van der Waals surface area contributed by atoms with Crippen molar-refractivity contribution in [3.05, 3.63) is 48.6 Å². The number of carbonyl (C=O) groups excluding carboxylic acids is 3. The molecular formula is C34H45N3O5S. The molecule has 5 atom stereocenters. The Morgan fingerprint density at radius 3 is 2.44 bits per heavy atom. The van der Waals surface area contributed by atoms with Crippen LogP contribution in [0.3, 0.4) is 0 Å². The lowest BCUT2D eigenvalue weighted by Crippen LogP contribution is -2.55. The van der Waals surface area contributed by atoms with Crippen molar-refractivity contribution in [3.8, 4) is 5.75 Å². The molecule has 1 aromatic rings. The molecule has 3 fully saturated rings. The van der Waals surface area contributed by atoms with Crippen LogP contribution in [0.5, 0.6) is 5.75 Å². The van der Waals surface area contributed by atoms with Gasteiger partial charge in [-0.2, -0.15) is 0 Å². The number of nitrogens with zero attached hydrogens (tertiary/aromatic N) is 3. The van der Waals surface area contributed by atoms with E-state index in [2.05, 4.69) is 18.2 Å². The van der Waals surface area contributed by atoms with Crippen molar-refractivity contribution in [2.75, 3.05) is 37.7 Å². The Morgan fingerprint density at radius 1 is 0.930 bits per heavy atom. The summed E-state index contributed by atoms with van der Waals surface area (Å²) in [5, 5.41) is 9.05. The number of ether oxygens (including phenoxy) is 1. The predicted molar refractivity (Wildman–Crippen MR) is 169 cm³/mol. The normalized spacial score (nSPS) is 30.7. The number of rotatable bonds is 10. The number of benzene rings is 1. The third-order valence-electron chi connectivity index (χ3n) is 9.97. The Bertz CT molecular complexity index is 1240. The van der Waals surface area contributed by atoms with Crippen LogP contribution in [0.15, 0.2) is 48.6 Å². The fourth-order valence-corrected chi connectivity index (χ4v) is 9.99. The van der Waals surface area contributed by atoms with Crippen LogP contribution in [0.4, 0.5) is 5.69 Å². The standard InChI is InChI=1S/C34H45N3O5S/c1-2-42-26-17-15-25(16-18-26)35-21-10-14-27-28(31(35)39)29-32(40)37(20-8-3-4-9-23-38)30-33(41)36(24-12-6-5-7-13-24)22-11-19-34(29,30)43-27/h10-11,14-19,24,27-30,38H,2-9,12-13,20-23H2,1H3/t27-,28+,29-,30?,34-/m0/s1. The Morgan fingerprint density at radius 2 is 1.70 bits per heavy atom. The molecular weight excluding hydrogens is 562 g/mol. The van der Waals surface area contributed by atoms with Crippen LogP contribution >= 0.6 is 11.8 Å². The number of hydrogen-bond donors (Lipinski definition) is 1. The van der Waals surface area contributed by atoms with Crippen LogP contribution in [0.1, 0.15) is 64.7 Å². The number of fused-ring (bicyclic) bond motifs is 2. The minimum atomic E-state index is -0.778. The second-order valence-corrected chi connectivity index (χ2v) is 14.0. The minimum absolute atomic E-state index is 0.0480. The highest BCUT2D eigenvalue weighted by Gasteiger charge is 2.71. The Balaban J connectivity index is 1.33. The lowest BCUT2D eigenvalue weighted by Gasteiger charge is -2.39. The molecule has 0 radical (unpaired) electrons. The summed E-state index contributed by atoms with van der Waals surface area (Å²) in [4.78, 5) is 49.2. The maximum Gasteiger partial charge on any atom is 0.247 e. The van der Waals surface area contributed by atoms with Crippen molar-refractivity contribution in [3.63, 3.8) is 0 Å². The molecule has 1 spiro atoms. The number of aliphatic hydroxyl groups is 1. The van der Waals surface area contributed by atoms with Gasteiger partial charge in [-0.05, 0) is 56.9 Å². The van der Waals surface area contributed by atoms with E-state index in [9.17, 15) is 19.5 Å². The average Bonchev–Trinajstić information content (AvgIpc) is 3.33. The first kappa shape index (κ1) is 30.3. The molecule has 232 valence electrons. The summed E-state index contributed by atoms with van der Waals surface area (Å²) in [5.41, 5.74) is 0.781. The van der Waals surface area contributed by atoms with E-state index in [0.717, 1.165) is 62.8 Å². The summed E-state index contributed by atoms with van der Waals surface area (Å²) in [5.74, 6) is -0.469. The van der Waals surface area contributed by atoms with Gasteiger partial charge in [0.1, 0.15) is 11.8 Å². The van der Waals surface area contributed by atoms with Gasteiger partial charge in [0.25, 0.3) is 0 Å². The zero-order chi connectivity index (χ0) is 30.0. The number of aliphatic hydroxyl groups excluding tert-OH is 1. The van der Waals surface area contributed by atoms with Crippen molar-refractivity contribution in [1.82, 2.24) is 9.80 Å². The molecule has 4 aliphatic heterocycles. The quantitative estimate of drug-likeness (QED) is 0.310. The molecule has 1 aliphatic carbocycles. The first-order valence-electron chi connectivity index (χ1n) is 16.3. The molecule has 1 N–H and O–H groups in total. The summed E-state index contributed by atoms with van der Waals surface area (Å²) >= 11 is 1.66. The summed E-state index contributed by atoms with van der Waals surface area (Å²) in [6, 6.07) is 7.17. The van der Waals surface area contributed by atoms with E-state index in [-0.39, 0.29) is 35.6 Å². The van der Waals surface area contributed by atoms with Crippen LogP contribution in [0.2, 0.25) is 0 Å². The van der Waals surface area contributed by atoms with Gasteiger partial charge in [-0.15, -0.1) is 11.8 Å². The second-order valence-electron chi connectivity index (χ2n) is 12.5. The second kappa shape index (κ2) is 13.1. The van der Waals surface area contributed by atoms with Crippen molar-refractivity contribution in [2.45, 2.75) is 86.8 Å². The van der Waals surface area contributed by atoms with Crippen LogP contribution in [0, 0.1) is 11.8 Å². The first-order valence-corrected chi connectivity index (χ1v) is 17.2. The van der Waals surface area contributed by atoms with E-state index >= 15 is 0 Å². The van der Waals surface area contributed by atoms with Crippen LogP contribution in [-0.4, -0.2) is 87.6 Å². The van der Waals surface area contributed by atoms with Gasteiger partial charge >= 0.3 is 0 Å². The van der Waals surface area contributed by atoms with Crippen LogP contribution in [0.25, 0.3) is 0 Å². The van der Waals surface area contributed by atoms with E-state index in [1.54, 1.807) is 16.7 Å². The maximum atomic E-state index is 14.6. The van der Waals surface area contributed by atoms with Gasteiger partial charge in [0, 0.05) is 43.2 Å². The molecule has 0 aromatic heterocycles.